The molecule has 1 aromatic carbocycles. The number of nitrogens with zero attached hydrogens (tertiary/aromatic N) is 5. The van der Waals surface area contributed by atoms with E-state index in [0.717, 1.165) is 16.0 Å². The van der Waals surface area contributed by atoms with E-state index in [1.165, 1.54) is 38.0 Å². The molecule has 1 aliphatic heterocycles. The van der Waals surface area contributed by atoms with Crippen molar-refractivity contribution in [2.24, 2.45) is 0 Å². The first-order chi connectivity index (χ1) is 20.1. The van der Waals surface area contributed by atoms with Gasteiger partial charge < -0.3 is 23.7 Å². The summed E-state index contributed by atoms with van der Waals surface area (Å²) in [4.78, 5) is 73.9. The molecule has 0 N–H and O–H groups in total. The van der Waals surface area contributed by atoms with Gasteiger partial charge in [-0.25, -0.2) is 24.1 Å². The van der Waals surface area contributed by atoms with Crippen molar-refractivity contribution in [3.8, 4) is 0 Å². The Kier molecular flexibility index (Phi) is 7.93. The molecule has 0 saturated carbocycles. The molecular formula is C27H25N5O10. The van der Waals surface area contributed by atoms with E-state index < -0.39 is 54.0 Å². The predicted octanol–water partition coefficient (Wildman–Crippen LogP) is 1.12. The van der Waals surface area contributed by atoms with Crippen molar-refractivity contribution in [3.63, 3.8) is 0 Å². The number of carbonyl (C=O) groups is 4. The van der Waals surface area contributed by atoms with Crippen molar-refractivity contribution in [2.45, 2.75) is 51.9 Å². The molecule has 0 aliphatic carbocycles. The fourth-order valence-corrected chi connectivity index (χ4v) is 4.53. The van der Waals surface area contributed by atoms with Crippen LogP contribution in [-0.4, -0.2) is 72.7 Å². The Morgan fingerprint density at radius 2 is 1.60 bits per heavy atom. The third-order valence-corrected chi connectivity index (χ3v) is 6.26. The molecule has 0 unspecified atom stereocenters. The van der Waals surface area contributed by atoms with Crippen LogP contribution in [0.4, 0.5) is 0 Å². The zero-order valence-electron chi connectivity index (χ0n) is 22.7. The lowest BCUT2D eigenvalue weighted by Gasteiger charge is -2.23. The molecule has 3 aromatic heterocycles. The van der Waals surface area contributed by atoms with Gasteiger partial charge >= 0.3 is 23.9 Å². The fraction of sp³-hybridized carbons (Fsp3) is 0.333. The highest BCUT2D eigenvalue weighted by Crippen LogP contribution is 2.36. The van der Waals surface area contributed by atoms with Crippen LogP contribution in [0.5, 0.6) is 0 Å². The molecule has 1 fully saturated rings. The van der Waals surface area contributed by atoms with Crippen molar-refractivity contribution in [3.05, 3.63) is 70.7 Å². The quantitative estimate of drug-likeness (QED) is 0.214. The molecule has 0 bridgehead atoms. The minimum atomic E-state index is -1.18. The monoisotopic (exact) mass is 579 g/mol. The summed E-state index contributed by atoms with van der Waals surface area (Å²) in [5.74, 6) is -2.77. The van der Waals surface area contributed by atoms with Crippen molar-refractivity contribution >= 4 is 40.7 Å². The molecule has 42 heavy (non-hydrogen) atoms. The van der Waals surface area contributed by atoms with Crippen LogP contribution in [-0.2, 0) is 44.7 Å². The molecule has 0 amide bonds. The Morgan fingerprint density at radius 3 is 2.29 bits per heavy atom. The highest BCUT2D eigenvalue weighted by atomic mass is 16.7. The second-order valence-electron chi connectivity index (χ2n) is 9.32. The maximum Gasteiger partial charge on any atom is 0.357 e. The molecule has 1 aliphatic rings. The van der Waals surface area contributed by atoms with Crippen LogP contribution >= 0.6 is 0 Å². The van der Waals surface area contributed by atoms with Crippen LogP contribution in [0, 0.1) is 0 Å². The first-order valence-corrected chi connectivity index (χ1v) is 12.7. The van der Waals surface area contributed by atoms with Gasteiger partial charge in [0.15, 0.2) is 40.9 Å². The molecule has 4 atom stereocenters. The Bertz CT molecular complexity index is 1730. The minimum Gasteiger partial charge on any atom is -0.463 e. The maximum atomic E-state index is 12.8. The number of benzene rings is 1. The summed E-state index contributed by atoms with van der Waals surface area (Å²) in [6.07, 6.45) is -1.96. The SMILES string of the molecule is CC(=O)OC[C@H]1O[C@@H](n2cnc3c2ncn2c(=O)cc(C(=O)OCc4ccccc4)nc32)[C@H](OC(C)=O)[C@@H]1OC(C)=O. The second kappa shape index (κ2) is 11.7. The van der Waals surface area contributed by atoms with Crippen molar-refractivity contribution in [1.29, 1.82) is 0 Å². The summed E-state index contributed by atoms with van der Waals surface area (Å²) in [5, 5.41) is 0. The third-order valence-electron chi connectivity index (χ3n) is 6.26. The van der Waals surface area contributed by atoms with E-state index in [0.29, 0.717) is 0 Å². The zero-order valence-corrected chi connectivity index (χ0v) is 22.7. The van der Waals surface area contributed by atoms with E-state index in [2.05, 4.69) is 15.0 Å². The van der Waals surface area contributed by atoms with Gasteiger partial charge in [-0.3, -0.25) is 23.7 Å². The van der Waals surface area contributed by atoms with Crippen LogP contribution < -0.4 is 5.56 Å². The van der Waals surface area contributed by atoms with E-state index in [9.17, 15) is 24.0 Å². The lowest BCUT2D eigenvalue weighted by Crippen LogP contribution is -2.40. The predicted molar refractivity (Wildman–Crippen MR) is 140 cm³/mol. The summed E-state index contributed by atoms with van der Waals surface area (Å²) in [6, 6.07) is 10.0. The standard InChI is InChI=1S/C27H25N5O10/c1-14(33)38-11-19-22(40-15(2)34)23(41-16(3)35)26(42-19)32-12-28-21-24(32)29-13-31-20(36)9-18(30-25(21)31)27(37)39-10-17-7-5-4-6-8-17/h4-9,12-13,19,22-23,26H,10-11H2,1-3H3/t19-,22-,23-,26-/m1/s1. The number of rotatable bonds is 8. The fourth-order valence-electron chi connectivity index (χ4n) is 4.53. The molecule has 0 radical (unpaired) electrons. The number of fused-ring (bicyclic) bond motifs is 3. The summed E-state index contributed by atoms with van der Waals surface area (Å²) < 4.78 is 29.8. The van der Waals surface area contributed by atoms with E-state index in [1.807, 2.05) is 6.07 Å². The molecule has 15 nitrogen and oxygen atoms in total. The summed E-state index contributed by atoms with van der Waals surface area (Å²) in [5.41, 5.74) is 0.198. The Morgan fingerprint density at radius 1 is 0.881 bits per heavy atom. The van der Waals surface area contributed by atoms with Crippen molar-refractivity contribution in [2.75, 3.05) is 6.61 Å². The summed E-state index contributed by atoms with van der Waals surface area (Å²) in [6.45, 7) is 3.24. The van der Waals surface area contributed by atoms with Crippen molar-refractivity contribution < 1.29 is 42.9 Å². The van der Waals surface area contributed by atoms with Crippen LogP contribution in [0.3, 0.4) is 0 Å². The molecule has 4 heterocycles. The van der Waals surface area contributed by atoms with Gasteiger partial charge in [0, 0.05) is 26.8 Å². The van der Waals surface area contributed by atoms with E-state index in [1.54, 1.807) is 24.3 Å². The van der Waals surface area contributed by atoms with E-state index in [4.69, 9.17) is 23.7 Å². The average molecular weight is 580 g/mol. The number of ether oxygens (including phenoxy) is 5. The molecule has 1 saturated heterocycles. The maximum absolute atomic E-state index is 12.8. The van der Waals surface area contributed by atoms with Gasteiger partial charge in [-0.2, -0.15) is 0 Å². The Hall–Kier alpha value is -5.18. The average Bonchev–Trinajstić information content (AvgIpc) is 3.52. The second-order valence-corrected chi connectivity index (χ2v) is 9.32. The smallest absolute Gasteiger partial charge is 0.357 e. The topological polar surface area (TPSA) is 180 Å². The third kappa shape index (κ3) is 5.81. The van der Waals surface area contributed by atoms with Gasteiger partial charge in [-0.05, 0) is 5.56 Å². The zero-order chi connectivity index (χ0) is 30.0. The van der Waals surface area contributed by atoms with Crippen LogP contribution in [0.25, 0.3) is 16.8 Å². The normalized spacial score (nSPS) is 19.9. The largest absolute Gasteiger partial charge is 0.463 e. The first kappa shape index (κ1) is 28.4. The summed E-state index contributed by atoms with van der Waals surface area (Å²) >= 11 is 0. The van der Waals surface area contributed by atoms with Crippen LogP contribution in [0.1, 0.15) is 43.1 Å². The van der Waals surface area contributed by atoms with Gasteiger partial charge in [-0.1, -0.05) is 30.3 Å². The lowest BCUT2D eigenvalue weighted by molar-refractivity contribution is -0.166. The van der Waals surface area contributed by atoms with Crippen molar-refractivity contribution in [1.82, 2.24) is 23.9 Å². The number of aromatic nitrogens is 5. The first-order valence-electron chi connectivity index (χ1n) is 12.7. The van der Waals surface area contributed by atoms with Gasteiger partial charge in [0.1, 0.15) is 25.6 Å². The Balaban J connectivity index is 1.52. The minimum absolute atomic E-state index is 0.00735. The van der Waals surface area contributed by atoms with Crippen LogP contribution in [0.2, 0.25) is 0 Å². The van der Waals surface area contributed by atoms with E-state index in [-0.39, 0.29) is 35.7 Å². The molecular weight excluding hydrogens is 554 g/mol. The van der Waals surface area contributed by atoms with Gasteiger partial charge in [0.25, 0.3) is 5.56 Å². The number of hydrogen-bond acceptors (Lipinski definition) is 13. The highest BCUT2D eigenvalue weighted by Gasteiger charge is 2.51. The number of imidazole rings is 1. The summed E-state index contributed by atoms with van der Waals surface area (Å²) in [7, 11) is 0. The van der Waals surface area contributed by atoms with Gasteiger partial charge in [0.05, 0.1) is 6.33 Å². The Labute approximate surface area is 236 Å². The molecule has 218 valence electrons. The highest BCUT2D eigenvalue weighted by molar-refractivity contribution is 5.91. The molecule has 4 aromatic rings. The van der Waals surface area contributed by atoms with Gasteiger partial charge in [0.2, 0.25) is 0 Å². The lowest BCUT2D eigenvalue weighted by atomic mass is 10.1. The molecule has 0 spiro atoms. The molecule has 5 rings (SSSR count). The van der Waals surface area contributed by atoms with Crippen LogP contribution in [0.15, 0.2) is 53.8 Å². The van der Waals surface area contributed by atoms with Gasteiger partial charge in [-0.15, -0.1) is 0 Å². The number of carbonyl (C=O) groups excluding carboxylic acids is 4. The number of hydrogen-bond donors (Lipinski definition) is 0. The number of esters is 4. The van der Waals surface area contributed by atoms with E-state index >= 15 is 0 Å². The molecule has 15 heteroatoms.